The normalized spacial score (nSPS) is 11.1. The molecule has 0 aliphatic carbocycles. The molecule has 6 nitrogen and oxygen atoms in total. The van der Waals surface area contributed by atoms with E-state index in [4.69, 9.17) is 4.74 Å². The maximum Gasteiger partial charge on any atom is 0.234 e. The van der Waals surface area contributed by atoms with Gasteiger partial charge in [-0.3, -0.25) is 14.4 Å². The maximum absolute atomic E-state index is 11.7. The number of nitrogens with one attached hydrogen (secondary N) is 1. The fraction of sp³-hybridized carbons (Fsp3) is 0.692. The summed E-state index contributed by atoms with van der Waals surface area (Å²) in [4.78, 5) is 13.7. The molecule has 1 aromatic heterocycles. The van der Waals surface area contributed by atoms with E-state index in [0.29, 0.717) is 26.2 Å². The number of carbonyl (C=O) groups is 1. The van der Waals surface area contributed by atoms with Crippen LogP contribution < -0.4 is 5.32 Å². The van der Waals surface area contributed by atoms with E-state index in [0.717, 1.165) is 22.4 Å². The van der Waals surface area contributed by atoms with E-state index in [1.807, 2.05) is 23.6 Å². The Labute approximate surface area is 128 Å². The fourth-order valence-electron chi connectivity index (χ4n) is 1.93. The molecule has 0 atom stereocenters. The number of hydrogen-bond donors (Lipinski definition) is 1. The summed E-state index contributed by atoms with van der Waals surface area (Å²) in [6, 6.07) is 0. The van der Waals surface area contributed by atoms with Gasteiger partial charge < -0.3 is 10.1 Å². The van der Waals surface area contributed by atoms with Crippen LogP contribution in [0.5, 0.6) is 0 Å². The summed E-state index contributed by atoms with van der Waals surface area (Å²) in [6.07, 6.45) is 0. The predicted octanol–water partition coefficient (Wildman–Crippen LogP) is 1.17. The molecular weight excluding hydrogens is 324 g/mol. The predicted molar refractivity (Wildman–Crippen MR) is 81.6 cm³/mol. The van der Waals surface area contributed by atoms with Gasteiger partial charge in [0, 0.05) is 26.7 Å². The molecule has 1 aromatic rings. The molecule has 0 spiro atoms. The third-order valence-corrected chi connectivity index (χ3v) is 3.95. The van der Waals surface area contributed by atoms with Gasteiger partial charge in [0.05, 0.1) is 29.0 Å². The first kappa shape index (κ1) is 17.1. The zero-order chi connectivity index (χ0) is 15.1. The minimum atomic E-state index is -0.0000387. The topological polar surface area (TPSA) is 59.4 Å². The molecule has 0 unspecified atom stereocenters. The van der Waals surface area contributed by atoms with Gasteiger partial charge in [-0.05, 0) is 36.8 Å². The van der Waals surface area contributed by atoms with E-state index in [2.05, 4.69) is 33.3 Å². The largest absolute Gasteiger partial charge is 0.383 e. The van der Waals surface area contributed by atoms with Gasteiger partial charge in [-0.2, -0.15) is 5.10 Å². The van der Waals surface area contributed by atoms with Gasteiger partial charge in [0.25, 0.3) is 0 Å². The van der Waals surface area contributed by atoms with E-state index in [9.17, 15) is 4.79 Å². The minimum absolute atomic E-state index is 0.0000387. The van der Waals surface area contributed by atoms with Crippen molar-refractivity contribution in [2.75, 3.05) is 33.9 Å². The summed E-state index contributed by atoms with van der Waals surface area (Å²) < 4.78 is 7.87. The number of aryl methyl sites for hydroxylation is 2. The lowest BCUT2D eigenvalue weighted by Gasteiger charge is -2.17. The molecule has 20 heavy (non-hydrogen) atoms. The molecule has 1 N–H and O–H groups in total. The van der Waals surface area contributed by atoms with E-state index >= 15 is 0 Å². The molecule has 0 saturated heterocycles. The lowest BCUT2D eigenvalue weighted by atomic mass is 10.3. The summed E-state index contributed by atoms with van der Waals surface area (Å²) in [5, 5.41) is 7.26. The van der Waals surface area contributed by atoms with Crippen molar-refractivity contribution in [3.05, 3.63) is 15.9 Å². The highest BCUT2D eigenvalue weighted by Crippen LogP contribution is 2.22. The van der Waals surface area contributed by atoms with Crippen LogP contribution >= 0.6 is 15.9 Å². The molecular formula is C13H23BrN4O2. The molecule has 1 heterocycles. The van der Waals surface area contributed by atoms with Crippen molar-refractivity contribution in [3.8, 4) is 0 Å². The number of aromatic nitrogens is 2. The van der Waals surface area contributed by atoms with Crippen molar-refractivity contribution in [1.29, 1.82) is 0 Å². The zero-order valence-electron chi connectivity index (χ0n) is 12.6. The number of rotatable bonds is 8. The van der Waals surface area contributed by atoms with Gasteiger partial charge in [0.1, 0.15) is 0 Å². The maximum atomic E-state index is 11.7. The molecule has 0 fully saturated rings. The van der Waals surface area contributed by atoms with Crippen molar-refractivity contribution < 1.29 is 9.53 Å². The first-order chi connectivity index (χ1) is 9.49. The lowest BCUT2D eigenvalue weighted by molar-refractivity contribution is -0.122. The molecule has 0 radical (unpaired) electrons. The van der Waals surface area contributed by atoms with E-state index in [-0.39, 0.29) is 5.91 Å². The van der Waals surface area contributed by atoms with Crippen LogP contribution in [-0.2, 0) is 22.6 Å². The lowest BCUT2D eigenvalue weighted by Crippen LogP contribution is -2.36. The van der Waals surface area contributed by atoms with Gasteiger partial charge in [-0.1, -0.05) is 0 Å². The number of methoxy groups -OCH3 is 1. The van der Waals surface area contributed by atoms with Crippen LogP contribution in [0, 0.1) is 6.92 Å². The van der Waals surface area contributed by atoms with Gasteiger partial charge in [0.15, 0.2) is 0 Å². The molecule has 0 aliphatic rings. The highest BCUT2D eigenvalue weighted by Gasteiger charge is 2.15. The standard InChI is InChI=1S/C13H23BrN4O2/c1-5-18-11(13(14)10(2)16-18)8-17(3)9-12(19)15-6-7-20-4/h5-9H2,1-4H3,(H,15,19). The second-order valence-electron chi connectivity index (χ2n) is 4.68. The summed E-state index contributed by atoms with van der Waals surface area (Å²) in [7, 11) is 3.54. The average Bonchev–Trinajstić information content (AvgIpc) is 2.66. The van der Waals surface area contributed by atoms with Crippen molar-refractivity contribution in [3.63, 3.8) is 0 Å². The number of hydrogen-bond acceptors (Lipinski definition) is 4. The monoisotopic (exact) mass is 346 g/mol. The highest BCUT2D eigenvalue weighted by molar-refractivity contribution is 9.10. The molecule has 0 saturated carbocycles. The third kappa shape index (κ3) is 4.88. The Balaban J connectivity index is 2.54. The van der Waals surface area contributed by atoms with Crippen molar-refractivity contribution in [2.45, 2.75) is 26.9 Å². The molecule has 0 aromatic carbocycles. The summed E-state index contributed by atoms with van der Waals surface area (Å²) >= 11 is 3.56. The van der Waals surface area contributed by atoms with Crippen LogP contribution in [0.15, 0.2) is 4.47 Å². The van der Waals surface area contributed by atoms with Crippen LogP contribution in [0.25, 0.3) is 0 Å². The Morgan fingerprint density at radius 3 is 2.85 bits per heavy atom. The SMILES string of the molecule is CCn1nc(C)c(Br)c1CN(C)CC(=O)NCCOC. The quantitative estimate of drug-likeness (QED) is 0.718. The molecule has 0 bridgehead atoms. The third-order valence-electron chi connectivity index (χ3n) is 2.91. The van der Waals surface area contributed by atoms with Crippen LogP contribution in [0.3, 0.4) is 0 Å². The molecule has 1 amide bonds. The van der Waals surface area contributed by atoms with E-state index in [1.165, 1.54) is 0 Å². The Morgan fingerprint density at radius 2 is 2.25 bits per heavy atom. The number of halogens is 1. The first-order valence-corrected chi connectivity index (χ1v) is 7.44. The Morgan fingerprint density at radius 1 is 1.55 bits per heavy atom. The molecule has 1 rings (SSSR count). The van der Waals surface area contributed by atoms with Gasteiger partial charge in [-0.25, -0.2) is 0 Å². The average molecular weight is 347 g/mol. The van der Waals surface area contributed by atoms with Gasteiger partial charge >= 0.3 is 0 Å². The fourth-order valence-corrected chi connectivity index (χ4v) is 2.33. The molecule has 0 aliphatic heterocycles. The second kappa shape index (κ2) is 8.39. The Hall–Kier alpha value is -0.920. The van der Waals surface area contributed by atoms with Crippen LogP contribution in [0.4, 0.5) is 0 Å². The Kier molecular flexibility index (Phi) is 7.18. The number of ether oxygens (including phenoxy) is 1. The number of carbonyl (C=O) groups excluding carboxylic acids is 1. The summed E-state index contributed by atoms with van der Waals surface area (Å²) in [5.74, 6) is -0.0000387. The smallest absolute Gasteiger partial charge is 0.234 e. The van der Waals surface area contributed by atoms with Crippen LogP contribution in [0.1, 0.15) is 18.3 Å². The van der Waals surface area contributed by atoms with Crippen LogP contribution in [-0.4, -0.2) is 54.4 Å². The van der Waals surface area contributed by atoms with Crippen molar-refractivity contribution in [1.82, 2.24) is 20.0 Å². The van der Waals surface area contributed by atoms with Crippen LogP contribution in [0.2, 0.25) is 0 Å². The summed E-state index contributed by atoms with van der Waals surface area (Å²) in [5.41, 5.74) is 2.07. The van der Waals surface area contributed by atoms with E-state index < -0.39 is 0 Å². The van der Waals surface area contributed by atoms with Crippen molar-refractivity contribution >= 4 is 21.8 Å². The first-order valence-electron chi connectivity index (χ1n) is 6.65. The highest BCUT2D eigenvalue weighted by atomic mass is 79.9. The second-order valence-corrected chi connectivity index (χ2v) is 5.47. The van der Waals surface area contributed by atoms with Crippen molar-refractivity contribution in [2.24, 2.45) is 0 Å². The molecule has 7 heteroatoms. The van der Waals surface area contributed by atoms with Gasteiger partial charge in [-0.15, -0.1) is 0 Å². The number of likely N-dealkylation sites (N-methyl/N-ethyl adjacent to an activating group) is 1. The minimum Gasteiger partial charge on any atom is -0.383 e. The molecule has 114 valence electrons. The Bertz CT molecular complexity index is 448. The van der Waals surface area contributed by atoms with Gasteiger partial charge in [0.2, 0.25) is 5.91 Å². The number of amides is 1. The van der Waals surface area contributed by atoms with E-state index in [1.54, 1.807) is 7.11 Å². The zero-order valence-corrected chi connectivity index (χ0v) is 14.2. The summed E-state index contributed by atoms with van der Waals surface area (Å²) in [6.45, 7) is 6.94. The number of nitrogens with zero attached hydrogens (tertiary/aromatic N) is 3.